The highest BCUT2D eigenvalue weighted by Crippen LogP contribution is 2.34. The normalized spacial score (nSPS) is 31.7. The number of aromatic nitrogens is 2. The van der Waals surface area contributed by atoms with Crippen LogP contribution in [0.3, 0.4) is 0 Å². The number of nitrogens with zero attached hydrogens (tertiary/aromatic N) is 2. The Morgan fingerprint density at radius 2 is 2.50 bits per heavy atom. The maximum absolute atomic E-state index is 11.8. The monoisotopic (exact) mass is 257 g/mol. The maximum Gasteiger partial charge on any atom is 0.353 e. The first kappa shape index (κ1) is 13.0. The maximum atomic E-state index is 11.8. The van der Waals surface area contributed by atoms with E-state index in [2.05, 4.69) is 4.98 Å². The molecule has 18 heavy (non-hydrogen) atoms. The largest absolute Gasteiger partial charge is 0.394 e. The minimum absolute atomic E-state index is 0.0141. The van der Waals surface area contributed by atoms with Gasteiger partial charge in [-0.1, -0.05) is 0 Å². The van der Waals surface area contributed by atoms with Crippen molar-refractivity contribution < 1.29 is 19.7 Å². The van der Waals surface area contributed by atoms with Gasteiger partial charge in [0.25, 0.3) is 5.91 Å². The van der Waals surface area contributed by atoms with Gasteiger partial charge in [0.15, 0.2) is 0 Å². The van der Waals surface area contributed by atoms with Crippen LogP contribution in [0, 0.1) is 0 Å². The summed E-state index contributed by atoms with van der Waals surface area (Å²) in [7, 11) is 1.34. The molecule has 1 aromatic rings. The lowest BCUT2D eigenvalue weighted by Crippen LogP contribution is -2.44. The fraction of sp³-hybridized carbons (Fsp3) is 0.600. The van der Waals surface area contributed by atoms with Crippen molar-refractivity contribution in [1.29, 1.82) is 0 Å². The molecule has 2 rings (SSSR count). The molecule has 1 aliphatic heterocycles. The molecule has 1 fully saturated rings. The molecule has 0 saturated carbocycles. The second kappa shape index (κ2) is 4.65. The predicted octanol–water partition coefficient (Wildman–Crippen LogP) is -1.78. The first-order valence-corrected chi connectivity index (χ1v) is 5.40. The molecule has 2 heterocycles. The Morgan fingerprint density at radius 1 is 1.78 bits per heavy atom. The Labute approximate surface area is 103 Å². The molecule has 0 bridgehead atoms. The van der Waals surface area contributed by atoms with Gasteiger partial charge in [-0.3, -0.25) is 0 Å². The number of anilines is 1. The Hall–Kier alpha value is -1.48. The van der Waals surface area contributed by atoms with Crippen LogP contribution in [0.1, 0.15) is 6.42 Å². The lowest BCUT2D eigenvalue weighted by Gasteiger charge is -2.28. The van der Waals surface area contributed by atoms with Crippen LogP contribution >= 0.6 is 0 Å². The molecular formula is C10H15N3O5. The van der Waals surface area contributed by atoms with Gasteiger partial charge in [0, 0.05) is 13.3 Å². The van der Waals surface area contributed by atoms with Gasteiger partial charge in [-0.15, -0.1) is 0 Å². The fourth-order valence-corrected chi connectivity index (χ4v) is 1.98. The second-order valence-electron chi connectivity index (χ2n) is 4.03. The Bertz CT molecular complexity index is 491. The second-order valence-corrected chi connectivity index (χ2v) is 4.03. The molecule has 1 aromatic heterocycles. The molecule has 0 amide bonds. The van der Waals surface area contributed by atoms with E-state index in [1.807, 2.05) is 0 Å². The number of aliphatic hydroxyl groups excluding tert-OH is 2. The summed E-state index contributed by atoms with van der Waals surface area (Å²) in [6, 6.07) is 1.42. The van der Waals surface area contributed by atoms with Crippen LogP contribution in [0.2, 0.25) is 0 Å². The zero-order valence-electron chi connectivity index (χ0n) is 9.81. The van der Waals surface area contributed by atoms with Crippen molar-refractivity contribution in [1.82, 2.24) is 9.55 Å². The minimum atomic E-state index is -1.47. The van der Waals surface area contributed by atoms with Crippen LogP contribution in [-0.4, -0.2) is 45.7 Å². The molecule has 8 nitrogen and oxygen atoms in total. The van der Waals surface area contributed by atoms with Crippen molar-refractivity contribution in [2.45, 2.75) is 24.5 Å². The predicted molar refractivity (Wildman–Crippen MR) is 60.5 cm³/mol. The van der Waals surface area contributed by atoms with E-state index in [0.717, 1.165) is 4.57 Å². The zero-order chi connectivity index (χ0) is 13.3. The first-order chi connectivity index (χ1) is 8.52. The molecule has 0 spiro atoms. The van der Waals surface area contributed by atoms with E-state index in [9.17, 15) is 9.90 Å². The Kier molecular flexibility index (Phi) is 3.35. The quantitative estimate of drug-likeness (QED) is 0.585. The van der Waals surface area contributed by atoms with Crippen molar-refractivity contribution in [2.75, 3.05) is 19.5 Å². The van der Waals surface area contributed by atoms with Gasteiger partial charge in [0.1, 0.15) is 11.9 Å². The van der Waals surface area contributed by atoms with Crippen molar-refractivity contribution >= 4 is 5.82 Å². The van der Waals surface area contributed by atoms with Crippen molar-refractivity contribution in [3.63, 3.8) is 0 Å². The summed E-state index contributed by atoms with van der Waals surface area (Å²) in [6.45, 7) is -0.372. The summed E-state index contributed by atoms with van der Waals surface area (Å²) in [5.74, 6) is -1.38. The molecule has 1 saturated heterocycles. The van der Waals surface area contributed by atoms with Crippen molar-refractivity contribution in [3.05, 3.63) is 22.7 Å². The van der Waals surface area contributed by atoms with Crippen LogP contribution < -0.4 is 11.4 Å². The van der Waals surface area contributed by atoms with Crippen LogP contribution in [0.5, 0.6) is 0 Å². The number of ether oxygens (including phenoxy) is 2. The molecule has 0 aliphatic carbocycles. The van der Waals surface area contributed by atoms with E-state index in [0.29, 0.717) is 0 Å². The topological polar surface area (TPSA) is 120 Å². The lowest BCUT2D eigenvalue weighted by molar-refractivity contribution is -0.275. The van der Waals surface area contributed by atoms with Crippen molar-refractivity contribution in [3.8, 4) is 0 Å². The van der Waals surface area contributed by atoms with Gasteiger partial charge in [0.05, 0.1) is 19.1 Å². The number of methoxy groups -OCH3 is 1. The van der Waals surface area contributed by atoms with E-state index in [4.69, 9.17) is 20.3 Å². The first-order valence-electron chi connectivity index (χ1n) is 5.40. The van der Waals surface area contributed by atoms with Gasteiger partial charge in [-0.2, -0.15) is 4.98 Å². The number of nitrogens with two attached hydrogens (primary N) is 1. The number of hydrogen-bond acceptors (Lipinski definition) is 7. The molecule has 4 N–H and O–H groups in total. The number of aliphatic hydroxyl groups is 2. The van der Waals surface area contributed by atoms with Gasteiger partial charge in [-0.05, 0) is 6.07 Å². The minimum Gasteiger partial charge on any atom is -0.394 e. The van der Waals surface area contributed by atoms with Crippen molar-refractivity contribution in [2.24, 2.45) is 0 Å². The average Bonchev–Trinajstić information content (AvgIpc) is 2.67. The number of nitrogen functional groups attached to an aromatic ring is 1. The van der Waals surface area contributed by atoms with Crippen LogP contribution in [0.15, 0.2) is 17.1 Å². The Balaban J connectivity index is 2.43. The summed E-state index contributed by atoms with van der Waals surface area (Å²) >= 11 is 0. The molecule has 8 heteroatoms. The van der Waals surface area contributed by atoms with E-state index < -0.39 is 23.8 Å². The summed E-state index contributed by atoms with van der Waals surface area (Å²) < 4.78 is 11.7. The van der Waals surface area contributed by atoms with E-state index in [1.54, 1.807) is 0 Å². The Morgan fingerprint density at radius 3 is 3.00 bits per heavy atom. The summed E-state index contributed by atoms with van der Waals surface area (Å²) in [6.07, 6.45) is -0.352. The van der Waals surface area contributed by atoms with Gasteiger partial charge in [-0.25, -0.2) is 9.36 Å². The highest BCUT2D eigenvalue weighted by molar-refractivity contribution is 5.23. The molecule has 0 unspecified atom stereocenters. The lowest BCUT2D eigenvalue weighted by atomic mass is 10.2. The third-order valence-corrected chi connectivity index (χ3v) is 2.92. The SMILES string of the molecule is CO[C@]1(n2ccc(N)nc2=O)C[C@H](O)[C@@H](CO)O1. The van der Waals surface area contributed by atoms with Gasteiger partial charge < -0.3 is 25.4 Å². The molecular weight excluding hydrogens is 242 g/mol. The van der Waals surface area contributed by atoms with Crippen LogP contribution in [0.25, 0.3) is 0 Å². The molecule has 100 valence electrons. The van der Waals surface area contributed by atoms with E-state index >= 15 is 0 Å². The van der Waals surface area contributed by atoms with Gasteiger partial charge >= 0.3 is 5.69 Å². The highest BCUT2D eigenvalue weighted by atomic mass is 16.7. The van der Waals surface area contributed by atoms with E-state index in [1.165, 1.54) is 19.4 Å². The van der Waals surface area contributed by atoms with E-state index in [-0.39, 0.29) is 18.8 Å². The average molecular weight is 257 g/mol. The zero-order valence-corrected chi connectivity index (χ0v) is 9.81. The van der Waals surface area contributed by atoms with Crippen LogP contribution in [0.4, 0.5) is 5.82 Å². The fourth-order valence-electron chi connectivity index (χ4n) is 1.98. The molecule has 0 radical (unpaired) electrons. The summed E-state index contributed by atoms with van der Waals surface area (Å²) in [5, 5.41) is 18.8. The molecule has 3 atom stereocenters. The molecule has 0 aromatic carbocycles. The molecule has 1 aliphatic rings. The summed E-state index contributed by atoms with van der Waals surface area (Å²) in [5.41, 5.74) is 4.75. The number of rotatable bonds is 3. The third-order valence-electron chi connectivity index (χ3n) is 2.92. The van der Waals surface area contributed by atoms with Crippen LogP contribution in [-0.2, 0) is 15.4 Å². The summed E-state index contributed by atoms with van der Waals surface area (Å²) in [4.78, 5) is 15.3. The third kappa shape index (κ3) is 1.99. The standard InChI is InChI=1S/C10H15N3O5/c1-17-10(4-6(15)7(5-14)18-10)13-3-2-8(11)12-9(13)16/h2-3,6-7,14-15H,4-5H2,1H3,(H2,11,12,16)/t6-,7+,10+/m0/s1. The number of hydrogen-bond donors (Lipinski definition) is 3. The smallest absolute Gasteiger partial charge is 0.353 e. The van der Waals surface area contributed by atoms with Gasteiger partial charge in [0.2, 0.25) is 0 Å². The highest BCUT2D eigenvalue weighted by Gasteiger charge is 2.48.